The fraction of sp³-hybridized carbons (Fsp3) is 0.286. The first-order chi connectivity index (χ1) is 19.5. The number of benzene rings is 3. The monoisotopic (exact) mass is 611 g/mol. The summed E-state index contributed by atoms with van der Waals surface area (Å²) >= 11 is 0. The molecule has 0 amide bonds. The molecule has 42 heavy (non-hydrogen) atoms. The van der Waals surface area contributed by atoms with Crippen LogP contribution in [-0.2, 0) is 14.8 Å². The Labute approximate surface area is 240 Å². The molecule has 1 aliphatic heterocycles. The number of aryl methyl sites for hydroxylation is 3. The van der Waals surface area contributed by atoms with E-state index in [1.807, 2.05) is 23.6 Å². The van der Waals surface area contributed by atoms with Crippen LogP contribution in [-0.4, -0.2) is 62.9 Å². The number of nitrogens with one attached hydrogen (secondary N) is 1. The Morgan fingerprint density at radius 1 is 0.833 bits per heavy atom. The number of anilines is 3. The van der Waals surface area contributed by atoms with Gasteiger partial charge in [0.15, 0.2) is 0 Å². The molecule has 4 rings (SSSR count). The Kier molecular flexibility index (Phi) is 9.71. The van der Waals surface area contributed by atoms with Crippen LogP contribution in [0.5, 0.6) is 0 Å². The van der Waals surface area contributed by atoms with Crippen LogP contribution in [0.25, 0.3) is 0 Å². The number of halogens is 4. The standard InChI is InChI=1S/C26H28FN3O4S.C2HF3O2/c1-17-14-19(3)25(15-18(17)2)35(33,34)28-23-9-8-20(16-21(23)26(31)32)29-10-12-30(13-11-29)24-7-5-4-6-22(24)27;3-2(4,5)1(6)7/h4-9,14-16,28H,10-13H2,1-3H3,(H,31,32);(H,6,7). The number of carboxylic acid groups (broad SMARTS) is 2. The highest BCUT2D eigenvalue weighted by atomic mass is 32.2. The fourth-order valence-corrected chi connectivity index (χ4v) is 5.72. The zero-order chi connectivity index (χ0) is 31.4. The van der Waals surface area contributed by atoms with E-state index in [-0.39, 0.29) is 22.0 Å². The molecule has 0 unspecified atom stereocenters. The Balaban J connectivity index is 0.000000616. The largest absolute Gasteiger partial charge is 0.490 e. The Hall–Kier alpha value is -4.33. The second-order valence-corrected chi connectivity index (χ2v) is 11.2. The Morgan fingerprint density at radius 2 is 1.38 bits per heavy atom. The average Bonchev–Trinajstić information content (AvgIpc) is 2.91. The Morgan fingerprint density at radius 3 is 1.93 bits per heavy atom. The van der Waals surface area contributed by atoms with Gasteiger partial charge in [-0.2, -0.15) is 13.2 Å². The van der Waals surface area contributed by atoms with E-state index in [0.29, 0.717) is 43.1 Å². The van der Waals surface area contributed by atoms with Crippen LogP contribution in [0.2, 0.25) is 0 Å². The number of carbonyl (C=O) groups is 2. The first-order valence-electron chi connectivity index (χ1n) is 12.5. The summed E-state index contributed by atoms with van der Waals surface area (Å²) in [7, 11) is -3.99. The van der Waals surface area contributed by atoms with Crippen LogP contribution in [0.4, 0.5) is 34.6 Å². The first-order valence-corrected chi connectivity index (χ1v) is 14.0. The van der Waals surface area contributed by atoms with Gasteiger partial charge in [0.05, 0.1) is 21.8 Å². The van der Waals surface area contributed by atoms with Gasteiger partial charge in [0.1, 0.15) is 5.82 Å². The summed E-state index contributed by atoms with van der Waals surface area (Å²) in [6, 6.07) is 14.7. The summed E-state index contributed by atoms with van der Waals surface area (Å²) in [5.41, 5.74) is 3.48. The van der Waals surface area contributed by atoms with Crippen molar-refractivity contribution < 1.29 is 45.8 Å². The van der Waals surface area contributed by atoms with Gasteiger partial charge in [-0.1, -0.05) is 18.2 Å². The number of hydrogen-bond acceptors (Lipinski definition) is 6. The number of aromatic carboxylic acids is 1. The van der Waals surface area contributed by atoms with E-state index in [0.717, 1.165) is 11.1 Å². The maximum absolute atomic E-state index is 14.1. The van der Waals surface area contributed by atoms with Gasteiger partial charge in [0.2, 0.25) is 0 Å². The van der Waals surface area contributed by atoms with E-state index in [4.69, 9.17) is 9.90 Å². The zero-order valence-electron chi connectivity index (χ0n) is 22.9. The number of rotatable bonds is 6. The number of para-hydroxylation sites is 1. The lowest BCUT2D eigenvalue weighted by molar-refractivity contribution is -0.192. The van der Waals surface area contributed by atoms with Gasteiger partial charge in [0.25, 0.3) is 10.0 Å². The summed E-state index contributed by atoms with van der Waals surface area (Å²) in [6.07, 6.45) is -5.08. The maximum Gasteiger partial charge on any atom is 0.490 e. The van der Waals surface area contributed by atoms with Crippen molar-refractivity contribution in [1.82, 2.24) is 0 Å². The number of piperazine rings is 1. The number of sulfonamides is 1. The summed E-state index contributed by atoms with van der Waals surface area (Å²) < 4.78 is 74.5. The smallest absolute Gasteiger partial charge is 0.478 e. The lowest BCUT2D eigenvalue weighted by Gasteiger charge is -2.37. The van der Waals surface area contributed by atoms with Gasteiger partial charge in [-0.15, -0.1) is 0 Å². The molecule has 1 saturated heterocycles. The third-order valence-electron chi connectivity index (χ3n) is 6.64. The van der Waals surface area contributed by atoms with Gasteiger partial charge in [0, 0.05) is 31.9 Å². The minimum absolute atomic E-state index is 0.00358. The van der Waals surface area contributed by atoms with Crippen molar-refractivity contribution in [2.24, 2.45) is 0 Å². The third-order valence-corrected chi connectivity index (χ3v) is 8.15. The normalized spacial score (nSPS) is 13.7. The van der Waals surface area contributed by atoms with E-state index in [2.05, 4.69) is 4.72 Å². The molecule has 1 fully saturated rings. The lowest BCUT2D eigenvalue weighted by Crippen LogP contribution is -2.46. The van der Waals surface area contributed by atoms with Gasteiger partial charge in [-0.25, -0.2) is 22.4 Å². The van der Waals surface area contributed by atoms with E-state index >= 15 is 0 Å². The highest BCUT2D eigenvalue weighted by molar-refractivity contribution is 7.92. The second-order valence-electron chi connectivity index (χ2n) is 9.57. The van der Waals surface area contributed by atoms with E-state index in [1.54, 1.807) is 43.3 Å². The molecule has 0 bridgehead atoms. The van der Waals surface area contributed by atoms with Gasteiger partial charge in [-0.3, -0.25) is 4.72 Å². The number of nitrogens with zero attached hydrogens (tertiary/aromatic N) is 2. The molecule has 0 aliphatic carbocycles. The molecule has 0 saturated carbocycles. The molecule has 1 heterocycles. The number of hydrogen-bond donors (Lipinski definition) is 3. The average molecular weight is 612 g/mol. The molecule has 0 radical (unpaired) electrons. The quantitative estimate of drug-likeness (QED) is 0.325. The molecular formula is C28H29F4N3O6S. The summed E-state index contributed by atoms with van der Waals surface area (Å²) in [6.45, 7) is 7.73. The zero-order valence-corrected chi connectivity index (χ0v) is 23.7. The van der Waals surface area contributed by atoms with Crippen molar-refractivity contribution in [3.8, 4) is 0 Å². The number of aliphatic carboxylic acids is 1. The maximum atomic E-state index is 14.1. The van der Waals surface area contributed by atoms with Crippen molar-refractivity contribution >= 4 is 39.0 Å². The van der Waals surface area contributed by atoms with Gasteiger partial charge in [-0.05, 0) is 73.9 Å². The topological polar surface area (TPSA) is 127 Å². The van der Waals surface area contributed by atoms with Gasteiger partial charge >= 0.3 is 18.1 Å². The summed E-state index contributed by atoms with van der Waals surface area (Å²) in [4.78, 5) is 25.0. The highest BCUT2D eigenvalue weighted by Crippen LogP contribution is 2.29. The first kappa shape index (κ1) is 32.2. The molecule has 1 aliphatic rings. The highest BCUT2D eigenvalue weighted by Gasteiger charge is 2.38. The second kappa shape index (κ2) is 12.7. The lowest BCUT2D eigenvalue weighted by atomic mass is 10.1. The van der Waals surface area contributed by atoms with E-state index in [9.17, 15) is 35.9 Å². The molecule has 226 valence electrons. The van der Waals surface area contributed by atoms with Gasteiger partial charge < -0.3 is 20.0 Å². The Bertz CT molecular complexity index is 1590. The van der Waals surface area contributed by atoms with Crippen molar-refractivity contribution in [2.45, 2.75) is 31.8 Å². The molecule has 3 aromatic carbocycles. The third kappa shape index (κ3) is 7.69. The predicted octanol–water partition coefficient (Wildman–Crippen LogP) is 5.21. The molecule has 3 aromatic rings. The molecular weight excluding hydrogens is 582 g/mol. The molecule has 14 heteroatoms. The van der Waals surface area contributed by atoms with E-state index < -0.39 is 28.1 Å². The number of carboxylic acids is 2. The summed E-state index contributed by atoms with van der Waals surface area (Å²) in [5.74, 6) is -4.26. The van der Waals surface area contributed by atoms with Crippen LogP contribution < -0.4 is 14.5 Å². The van der Waals surface area contributed by atoms with Crippen LogP contribution in [0.3, 0.4) is 0 Å². The molecule has 0 spiro atoms. The van der Waals surface area contributed by atoms with Crippen molar-refractivity contribution in [3.05, 3.63) is 82.7 Å². The van der Waals surface area contributed by atoms with E-state index in [1.165, 1.54) is 18.2 Å². The SMILES string of the molecule is Cc1cc(C)c(S(=O)(=O)Nc2ccc(N3CCN(c4ccccc4F)CC3)cc2C(=O)O)cc1C.O=C(O)C(F)(F)F. The minimum atomic E-state index is -5.08. The van der Waals surface area contributed by atoms with Crippen LogP contribution in [0, 0.1) is 26.6 Å². The van der Waals surface area contributed by atoms with Crippen molar-refractivity contribution in [1.29, 1.82) is 0 Å². The van der Waals surface area contributed by atoms with Crippen molar-refractivity contribution in [2.75, 3.05) is 40.7 Å². The molecule has 9 nitrogen and oxygen atoms in total. The minimum Gasteiger partial charge on any atom is -0.478 e. The summed E-state index contributed by atoms with van der Waals surface area (Å²) in [5, 5.41) is 16.9. The molecule has 3 N–H and O–H groups in total. The van der Waals surface area contributed by atoms with Crippen LogP contribution >= 0.6 is 0 Å². The van der Waals surface area contributed by atoms with Crippen LogP contribution in [0.1, 0.15) is 27.0 Å². The van der Waals surface area contributed by atoms with Crippen molar-refractivity contribution in [3.63, 3.8) is 0 Å². The molecule has 0 aromatic heterocycles. The fourth-order valence-electron chi connectivity index (χ4n) is 4.33. The predicted molar refractivity (Wildman–Crippen MR) is 149 cm³/mol. The molecule has 0 atom stereocenters. The number of alkyl halides is 3. The van der Waals surface area contributed by atoms with Crippen LogP contribution in [0.15, 0.2) is 59.5 Å².